The molecule has 7 heteroatoms. The summed E-state index contributed by atoms with van der Waals surface area (Å²) in [6.07, 6.45) is 2.86. The summed E-state index contributed by atoms with van der Waals surface area (Å²) in [4.78, 5) is 8.61. The highest BCUT2D eigenvalue weighted by molar-refractivity contribution is 14.0. The van der Waals surface area contributed by atoms with E-state index in [-0.39, 0.29) is 24.0 Å². The third-order valence-electron chi connectivity index (χ3n) is 3.92. The first kappa shape index (κ1) is 19.3. The van der Waals surface area contributed by atoms with Gasteiger partial charge in [-0.3, -0.25) is 4.90 Å². The van der Waals surface area contributed by atoms with Crippen LogP contribution in [0.4, 0.5) is 0 Å². The number of hydrogen-bond donors (Lipinski definition) is 2. The molecular formula is C17H25IN4OS. The van der Waals surface area contributed by atoms with Gasteiger partial charge in [-0.2, -0.15) is 0 Å². The lowest BCUT2D eigenvalue weighted by Crippen LogP contribution is -2.42. The van der Waals surface area contributed by atoms with Crippen LogP contribution in [0, 0.1) is 0 Å². The maximum Gasteiger partial charge on any atom is 0.191 e. The van der Waals surface area contributed by atoms with E-state index in [1.807, 2.05) is 23.5 Å². The average Bonchev–Trinajstić information content (AvgIpc) is 3.23. The van der Waals surface area contributed by atoms with E-state index in [9.17, 15) is 0 Å². The predicted octanol–water partition coefficient (Wildman–Crippen LogP) is 3.07. The molecule has 0 aliphatic carbocycles. The van der Waals surface area contributed by atoms with Crippen LogP contribution in [0.1, 0.15) is 23.1 Å². The average molecular weight is 460 g/mol. The van der Waals surface area contributed by atoms with Gasteiger partial charge in [0.25, 0.3) is 0 Å². The second-order valence-corrected chi connectivity index (χ2v) is 6.60. The van der Waals surface area contributed by atoms with E-state index in [0.717, 1.165) is 44.4 Å². The fraction of sp³-hybridized carbons (Fsp3) is 0.471. The lowest BCUT2D eigenvalue weighted by molar-refractivity contribution is 0.260. The number of rotatable bonds is 6. The number of furan rings is 1. The number of fused-ring (bicyclic) bond motifs is 1. The number of nitrogens with zero attached hydrogens (tertiary/aromatic N) is 2. The Morgan fingerprint density at radius 1 is 1.38 bits per heavy atom. The highest BCUT2D eigenvalue weighted by Crippen LogP contribution is 2.23. The van der Waals surface area contributed by atoms with Gasteiger partial charge in [0.1, 0.15) is 12.3 Å². The fourth-order valence-electron chi connectivity index (χ4n) is 2.73. The van der Waals surface area contributed by atoms with Gasteiger partial charge in [0, 0.05) is 37.6 Å². The summed E-state index contributed by atoms with van der Waals surface area (Å²) >= 11 is 1.89. The highest BCUT2D eigenvalue weighted by Gasteiger charge is 2.16. The molecule has 2 N–H and O–H groups in total. The first-order chi connectivity index (χ1) is 11.3. The molecule has 0 fully saturated rings. The van der Waals surface area contributed by atoms with E-state index in [0.29, 0.717) is 6.54 Å². The van der Waals surface area contributed by atoms with Gasteiger partial charge < -0.3 is 15.1 Å². The molecule has 0 unspecified atom stereocenters. The smallest absolute Gasteiger partial charge is 0.191 e. The second kappa shape index (κ2) is 10.0. The molecule has 132 valence electrons. The fourth-order valence-corrected chi connectivity index (χ4v) is 3.62. The molecule has 0 atom stereocenters. The summed E-state index contributed by atoms with van der Waals surface area (Å²) < 4.78 is 5.32. The number of guanidine groups is 1. The molecule has 1 aliphatic rings. The Labute approximate surface area is 164 Å². The van der Waals surface area contributed by atoms with Crippen molar-refractivity contribution in [3.8, 4) is 0 Å². The zero-order chi connectivity index (χ0) is 15.9. The van der Waals surface area contributed by atoms with Crippen LogP contribution >= 0.6 is 35.3 Å². The topological polar surface area (TPSA) is 52.8 Å². The van der Waals surface area contributed by atoms with Crippen molar-refractivity contribution in [3.05, 3.63) is 46.0 Å². The number of nitrogens with one attached hydrogen (secondary N) is 2. The predicted molar refractivity (Wildman–Crippen MR) is 110 cm³/mol. The Morgan fingerprint density at radius 2 is 2.29 bits per heavy atom. The summed E-state index contributed by atoms with van der Waals surface area (Å²) in [6.45, 7) is 7.63. The second-order valence-electron chi connectivity index (χ2n) is 5.60. The minimum Gasteiger partial charge on any atom is -0.467 e. The van der Waals surface area contributed by atoms with Crippen molar-refractivity contribution in [1.29, 1.82) is 0 Å². The Kier molecular flexibility index (Phi) is 8.07. The Balaban J connectivity index is 0.00000208. The van der Waals surface area contributed by atoms with Crippen molar-refractivity contribution in [1.82, 2.24) is 15.5 Å². The molecule has 24 heavy (non-hydrogen) atoms. The van der Waals surface area contributed by atoms with Crippen molar-refractivity contribution in [2.24, 2.45) is 4.99 Å². The van der Waals surface area contributed by atoms with E-state index in [4.69, 9.17) is 4.42 Å². The van der Waals surface area contributed by atoms with Crippen LogP contribution in [0.25, 0.3) is 0 Å². The van der Waals surface area contributed by atoms with Crippen molar-refractivity contribution in [3.63, 3.8) is 0 Å². The zero-order valence-electron chi connectivity index (χ0n) is 14.0. The first-order valence-corrected chi connectivity index (χ1v) is 9.05. The third kappa shape index (κ3) is 5.49. The summed E-state index contributed by atoms with van der Waals surface area (Å²) in [7, 11) is 0. The molecule has 0 saturated carbocycles. The van der Waals surface area contributed by atoms with Gasteiger partial charge in [0.2, 0.25) is 0 Å². The molecule has 0 saturated heterocycles. The summed E-state index contributed by atoms with van der Waals surface area (Å²) in [6, 6.07) is 6.09. The van der Waals surface area contributed by atoms with Crippen molar-refractivity contribution < 1.29 is 4.42 Å². The molecule has 2 aromatic heterocycles. The first-order valence-electron chi connectivity index (χ1n) is 8.17. The van der Waals surface area contributed by atoms with Crippen LogP contribution < -0.4 is 10.6 Å². The van der Waals surface area contributed by atoms with Gasteiger partial charge in [-0.05, 0) is 42.5 Å². The number of halogens is 1. The molecule has 3 rings (SSSR count). The van der Waals surface area contributed by atoms with Crippen LogP contribution in [0.3, 0.4) is 0 Å². The molecule has 0 amide bonds. The molecule has 0 bridgehead atoms. The minimum absolute atomic E-state index is 0. The normalized spacial score (nSPS) is 14.8. The van der Waals surface area contributed by atoms with Gasteiger partial charge in [-0.25, -0.2) is 4.99 Å². The standard InChI is InChI=1S/C17H24N4OS.HI/c1-2-18-17(20-12-15-4-3-10-22-15)19-7-9-21-8-5-16-14(13-21)6-11-23-16;/h3-4,6,10-11H,2,5,7-9,12-13H2,1H3,(H2,18,19,20);1H. The maximum absolute atomic E-state index is 5.32. The van der Waals surface area contributed by atoms with Crippen LogP contribution in [-0.4, -0.2) is 37.0 Å². The van der Waals surface area contributed by atoms with Crippen LogP contribution in [0.5, 0.6) is 0 Å². The molecule has 0 aromatic carbocycles. The molecule has 0 radical (unpaired) electrons. The van der Waals surface area contributed by atoms with Crippen LogP contribution in [-0.2, 0) is 19.5 Å². The molecule has 2 aromatic rings. The molecule has 1 aliphatic heterocycles. The Bertz CT molecular complexity index is 626. The number of thiophene rings is 1. The van der Waals surface area contributed by atoms with Crippen LogP contribution in [0.15, 0.2) is 39.3 Å². The van der Waals surface area contributed by atoms with E-state index in [1.54, 1.807) is 11.1 Å². The third-order valence-corrected chi connectivity index (χ3v) is 4.95. The van der Waals surface area contributed by atoms with Crippen molar-refractivity contribution in [2.45, 2.75) is 26.4 Å². The summed E-state index contributed by atoms with van der Waals surface area (Å²) in [5.41, 5.74) is 1.50. The van der Waals surface area contributed by atoms with Crippen molar-refractivity contribution in [2.75, 3.05) is 26.2 Å². The van der Waals surface area contributed by atoms with Gasteiger partial charge in [-0.1, -0.05) is 0 Å². The van der Waals surface area contributed by atoms with E-state index in [1.165, 1.54) is 12.0 Å². The molecule has 3 heterocycles. The summed E-state index contributed by atoms with van der Waals surface area (Å²) in [5.74, 6) is 1.72. The maximum atomic E-state index is 5.32. The highest BCUT2D eigenvalue weighted by atomic mass is 127. The van der Waals surface area contributed by atoms with Crippen molar-refractivity contribution >= 4 is 41.3 Å². The molecule has 0 spiro atoms. The van der Waals surface area contributed by atoms with Gasteiger partial charge in [0.05, 0.1) is 6.26 Å². The van der Waals surface area contributed by atoms with Crippen LogP contribution in [0.2, 0.25) is 0 Å². The summed E-state index contributed by atoms with van der Waals surface area (Å²) in [5, 5.41) is 8.89. The largest absolute Gasteiger partial charge is 0.467 e. The molecular weight excluding hydrogens is 435 g/mol. The van der Waals surface area contributed by atoms with E-state index >= 15 is 0 Å². The van der Waals surface area contributed by atoms with E-state index in [2.05, 4.69) is 38.9 Å². The van der Waals surface area contributed by atoms with E-state index < -0.39 is 0 Å². The quantitative estimate of drug-likeness (QED) is 0.395. The monoisotopic (exact) mass is 460 g/mol. The zero-order valence-corrected chi connectivity index (χ0v) is 17.1. The van der Waals surface area contributed by atoms with Gasteiger partial charge in [0.15, 0.2) is 5.96 Å². The number of aliphatic imine (C=N–C) groups is 1. The minimum atomic E-state index is 0. The Hall–Kier alpha value is -1.06. The molecule has 5 nitrogen and oxygen atoms in total. The Morgan fingerprint density at radius 3 is 3.08 bits per heavy atom. The SMILES string of the molecule is CCNC(=NCc1ccco1)NCCN1CCc2sccc2C1.I. The van der Waals surface area contributed by atoms with Gasteiger partial charge >= 0.3 is 0 Å². The lowest BCUT2D eigenvalue weighted by Gasteiger charge is -2.27. The lowest BCUT2D eigenvalue weighted by atomic mass is 10.1. The number of hydrogen-bond acceptors (Lipinski definition) is 4. The van der Waals surface area contributed by atoms with Gasteiger partial charge in [-0.15, -0.1) is 35.3 Å².